The summed E-state index contributed by atoms with van der Waals surface area (Å²) in [5.41, 5.74) is 0. The molecule has 1 unspecified atom stereocenters. The summed E-state index contributed by atoms with van der Waals surface area (Å²) in [6, 6.07) is 0. The second-order valence-corrected chi connectivity index (χ2v) is 7.10. The zero-order valence-corrected chi connectivity index (χ0v) is 13.8. The summed E-state index contributed by atoms with van der Waals surface area (Å²) < 4.78 is 17.7. The lowest BCUT2D eigenvalue weighted by atomic mass is 10.1. The fourth-order valence-corrected chi connectivity index (χ4v) is 5.72. The number of carbonyl (C=O) groups excluding carboxylic acids is 1. The Balaban J connectivity index is 5.71. The predicted molar refractivity (Wildman–Crippen MR) is 76.7 cm³/mol. The van der Waals surface area contributed by atoms with E-state index in [9.17, 15) is 4.79 Å². The summed E-state index contributed by atoms with van der Waals surface area (Å²) in [5.74, 6) is 0. The van der Waals surface area contributed by atoms with E-state index in [2.05, 4.69) is 4.99 Å². The van der Waals surface area contributed by atoms with Crippen molar-refractivity contribution in [3.05, 3.63) is 0 Å². The fourth-order valence-electron chi connectivity index (χ4n) is 2.35. The molecule has 0 aromatic carbocycles. The SMILES string of the molecule is CCCC(CC)(N=C=O)[Si](OCC)(OCC)OCC. The maximum atomic E-state index is 10.9. The first-order valence-corrected chi connectivity index (χ1v) is 8.85. The van der Waals surface area contributed by atoms with Crippen molar-refractivity contribution in [3.8, 4) is 0 Å². The van der Waals surface area contributed by atoms with Crippen molar-refractivity contribution >= 4 is 14.9 Å². The Labute approximate surface area is 117 Å². The molecule has 0 bridgehead atoms. The van der Waals surface area contributed by atoms with Crippen LogP contribution in [0, 0.1) is 0 Å². The van der Waals surface area contributed by atoms with Crippen LogP contribution in [0.15, 0.2) is 4.99 Å². The minimum absolute atomic E-state index is 0.478. The molecule has 0 fully saturated rings. The van der Waals surface area contributed by atoms with Crippen molar-refractivity contribution in [1.29, 1.82) is 0 Å². The molecule has 0 aliphatic carbocycles. The van der Waals surface area contributed by atoms with Crippen molar-refractivity contribution < 1.29 is 18.1 Å². The van der Waals surface area contributed by atoms with Crippen LogP contribution in [0.2, 0.25) is 0 Å². The Hall–Kier alpha value is -0.523. The largest absolute Gasteiger partial charge is 0.531 e. The molecule has 0 saturated carbocycles. The zero-order valence-electron chi connectivity index (χ0n) is 12.8. The van der Waals surface area contributed by atoms with Gasteiger partial charge in [-0.2, -0.15) is 4.99 Å². The van der Waals surface area contributed by atoms with Crippen LogP contribution < -0.4 is 0 Å². The fraction of sp³-hybridized carbons (Fsp3) is 0.923. The molecule has 0 rings (SSSR count). The lowest BCUT2D eigenvalue weighted by Gasteiger charge is -2.41. The highest BCUT2D eigenvalue weighted by Crippen LogP contribution is 2.35. The van der Waals surface area contributed by atoms with Crippen LogP contribution in [-0.2, 0) is 18.1 Å². The maximum absolute atomic E-state index is 10.9. The Morgan fingerprint density at radius 1 is 1.00 bits per heavy atom. The van der Waals surface area contributed by atoms with Gasteiger partial charge in [-0.1, -0.05) is 20.3 Å². The Bertz CT molecular complexity index is 277. The Morgan fingerprint density at radius 3 is 1.74 bits per heavy atom. The van der Waals surface area contributed by atoms with Crippen molar-refractivity contribution in [1.82, 2.24) is 0 Å². The van der Waals surface area contributed by atoms with Crippen LogP contribution in [-0.4, -0.2) is 39.9 Å². The quantitative estimate of drug-likeness (QED) is 0.333. The third-order valence-electron chi connectivity index (χ3n) is 3.08. The maximum Gasteiger partial charge on any atom is 0.531 e. The van der Waals surface area contributed by atoms with Crippen LogP contribution in [0.25, 0.3) is 0 Å². The molecular weight excluding hydrogens is 262 g/mol. The van der Waals surface area contributed by atoms with E-state index in [-0.39, 0.29) is 0 Å². The second kappa shape index (κ2) is 9.39. The molecule has 19 heavy (non-hydrogen) atoms. The lowest BCUT2D eigenvalue weighted by molar-refractivity contribution is 0.0425. The summed E-state index contributed by atoms with van der Waals surface area (Å²) in [5, 5.41) is -0.717. The summed E-state index contributed by atoms with van der Waals surface area (Å²) in [7, 11) is -3.05. The van der Waals surface area contributed by atoms with E-state index < -0.39 is 14.0 Å². The van der Waals surface area contributed by atoms with Crippen LogP contribution >= 0.6 is 0 Å². The van der Waals surface area contributed by atoms with Gasteiger partial charge in [0.15, 0.2) is 0 Å². The third-order valence-corrected chi connectivity index (χ3v) is 6.94. The van der Waals surface area contributed by atoms with Crippen molar-refractivity contribution in [2.24, 2.45) is 4.99 Å². The first-order chi connectivity index (χ1) is 9.11. The highest BCUT2D eigenvalue weighted by atomic mass is 28.4. The van der Waals surface area contributed by atoms with Crippen LogP contribution in [0.1, 0.15) is 53.9 Å². The Morgan fingerprint density at radius 2 is 1.47 bits per heavy atom. The molecule has 112 valence electrons. The summed E-state index contributed by atoms with van der Waals surface area (Å²) in [6.07, 6.45) is 3.91. The van der Waals surface area contributed by atoms with Gasteiger partial charge >= 0.3 is 8.80 Å². The molecular formula is C13H27NO4Si. The summed E-state index contributed by atoms with van der Waals surface area (Å²) in [4.78, 5) is 15.0. The molecule has 5 nitrogen and oxygen atoms in total. The van der Waals surface area contributed by atoms with E-state index in [0.717, 1.165) is 6.42 Å². The van der Waals surface area contributed by atoms with Gasteiger partial charge in [-0.05, 0) is 33.6 Å². The average Bonchev–Trinajstić information content (AvgIpc) is 2.39. The normalized spacial score (nSPS) is 14.8. The van der Waals surface area contributed by atoms with Gasteiger partial charge in [-0.3, -0.25) is 0 Å². The van der Waals surface area contributed by atoms with Crippen molar-refractivity contribution in [2.45, 2.75) is 59.0 Å². The Kier molecular flexibility index (Phi) is 9.13. The molecule has 0 aromatic rings. The molecule has 0 aliphatic heterocycles. The molecule has 1 atom stereocenters. The van der Waals surface area contributed by atoms with E-state index in [1.54, 1.807) is 6.08 Å². The molecule has 0 saturated heterocycles. The molecule has 0 amide bonds. The van der Waals surface area contributed by atoms with Crippen LogP contribution in [0.5, 0.6) is 0 Å². The number of nitrogens with zero attached hydrogens (tertiary/aromatic N) is 1. The van der Waals surface area contributed by atoms with Gasteiger partial charge < -0.3 is 13.3 Å². The van der Waals surface area contributed by atoms with Gasteiger partial charge in [0.05, 0.1) is 0 Å². The molecule has 6 heteroatoms. The number of isocyanates is 1. The number of aliphatic imine (C=N–C) groups is 1. The number of rotatable bonds is 11. The third kappa shape index (κ3) is 4.23. The van der Waals surface area contributed by atoms with E-state index in [0.29, 0.717) is 32.7 Å². The molecule has 0 aliphatic rings. The molecule has 0 heterocycles. The van der Waals surface area contributed by atoms with Gasteiger partial charge in [-0.15, -0.1) is 0 Å². The molecule has 0 N–H and O–H groups in total. The van der Waals surface area contributed by atoms with Gasteiger partial charge in [0.1, 0.15) is 5.16 Å². The highest BCUT2D eigenvalue weighted by molar-refractivity contribution is 6.64. The summed E-state index contributed by atoms with van der Waals surface area (Å²) in [6.45, 7) is 11.2. The lowest BCUT2D eigenvalue weighted by Crippen LogP contribution is -2.64. The minimum Gasteiger partial charge on any atom is -0.372 e. The smallest absolute Gasteiger partial charge is 0.372 e. The van der Waals surface area contributed by atoms with Crippen molar-refractivity contribution in [2.75, 3.05) is 19.8 Å². The van der Waals surface area contributed by atoms with Gasteiger partial charge in [0, 0.05) is 19.8 Å². The zero-order chi connectivity index (χ0) is 14.8. The predicted octanol–water partition coefficient (Wildman–Crippen LogP) is 2.86. The second-order valence-electron chi connectivity index (χ2n) is 4.19. The molecule has 0 spiro atoms. The van der Waals surface area contributed by atoms with Crippen molar-refractivity contribution in [3.63, 3.8) is 0 Å². The van der Waals surface area contributed by atoms with Gasteiger partial charge in [0.2, 0.25) is 6.08 Å². The average molecular weight is 289 g/mol. The number of hydrogen-bond acceptors (Lipinski definition) is 5. The van der Waals surface area contributed by atoms with E-state index >= 15 is 0 Å². The topological polar surface area (TPSA) is 57.1 Å². The van der Waals surface area contributed by atoms with Gasteiger partial charge in [-0.25, -0.2) is 4.79 Å². The monoisotopic (exact) mass is 289 g/mol. The molecule has 0 aromatic heterocycles. The van der Waals surface area contributed by atoms with Crippen LogP contribution in [0.3, 0.4) is 0 Å². The first-order valence-electron chi connectivity index (χ1n) is 7.12. The first kappa shape index (κ1) is 18.5. The van der Waals surface area contributed by atoms with Crippen LogP contribution in [0.4, 0.5) is 0 Å². The van der Waals surface area contributed by atoms with Gasteiger partial charge in [0.25, 0.3) is 0 Å². The standard InChI is InChI=1S/C13H27NO4Si/c1-6-11-13(7-2,14-12-15)19(16-8-3,17-9-4)18-10-5/h6-11H2,1-5H3. The van der Waals surface area contributed by atoms with E-state index in [1.165, 1.54) is 0 Å². The summed E-state index contributed by atoms with van der Waals surface area (Å²) >= 11 is 0. The molecule has 0 radical (unpaired) electrons. The van der Waals surface area contributed by atoms with E-state index in [4.69, 9.17) is 13.3 Å². The van der Waals surface area contributed by atoms with E-state index in [1.807, 2.05) is 34.6 Å². The minimum atomic E-state index is -3.05. The number of hydrogen-bond donors (Lipinski definition) is 0. The highest BCUT2D eigenvalue weighted by Gasteiger charge is 2.60.